The fourth-order valence-electron chi connectivity index (χ4n) is 9.96. The van der Waals surface area contributed by atoms with Gasteiger partial charge in [-0.3, -0.25) is 37.3 Å². The van der Waals surface area contributed by atoms with E-state index in [0.717, 1.165) is 173 Å². The molecule has 17 nitrogen and oxygen atoms in total. The Morgan fingerprint density at radius 1 is 0.269 bits per heavy atom. The maximum atomic E-state index is 13.1. The maximum Gasteiger partial charge on any atom is 0.472 e. The van der Waals surface area contributed by atoms with Crippen LogP contribution in [0.4, 0.5) is 0 Å². The molecule has 5 atom stereocenters. The van der Waals surface area contributed by atoms with Crippen molar-refractivity contribution in [1.82, 2.24) is 0 Å². The lowest BCUT2D eigenvalue weighted by Gasteiger charge is -2.21. The third-order valence-corrected chi connectivity index (χ3v) is 17.9. The van der Waals surface area contributed by atoms with Gasteiger partial charge in [0.25, 0.3) is 0 Å². The molecule has 0 bridgehead atoms. The van der Waals surface area contributed by atoms with Gasteiger partial charge in [0, 0.05) is 25.7 Å². The monoisotopic (exact) mass is 1540 g/mol. The molecule has 0 spiro atoms. The summed E-state index contributed by atoms with van der Waals surface area (Å²) in [6, 6.07) is 0. The highest BCUT2D eigenvalue weighted by Gasteiger charge is 2.30. The number of hydrogen-bond acceptors (Lipinski definition) is 15. The summed E-state index contributed by atoms with van der Waals surface area (Å²) < 4.78 is 68.5. The lowest BCUT2D eigenvalue weighted by molar-refractivity contribution is -0.161. The molecule has 0 aliphatic carbocycles. The average Bonchev–Trinajstić information content (AvgIpc) is 0.906. The Labute approximate surface area is 653 Å². The van der Waals surface area contributed by atoms with E-state index in [9.17, 15) is 43.2 Å². The van der Waals surface area contributed by atoms with Gasteiger partial charge in [0.1, 0.15) is 19.3 Å². The van der Waals surface area contributed by atoms with E-state index in [1.807, 2.05) is 24.3 Å². The fraction of sp³-hybridized carbons (Fsp3) is 0.596. The van der Waals surface area contributed by atoms with Crippen LogP contribution in [-0.4, -0.2) is 96.7 Å². The van der Waals surface area contributed by atoms with Crippen molar-refractivity contribution in [3.63, 3.8) is 0 Å². The molecule has 0 fully saturated rings. The minimum atomic E-state index is -5.01. The summed E-state index contributed by atoms with van der Waals surface area (Å²) >= 11 is 0. The number of phosphoric ester groups is 2. The van der Waals surface area contributed by atoms with Crippen LogP contribution in [0.15, 0.2) is 194 Å². The lowest BCUT2D eigenvalue weighted by atomic mass is 10.1. The third kappa shape index (κ3) is 78.0. The van der Waals surface area contributed by atoms with Crippen molar-refractivity contribution in [3.8, 4) is 0 Å². The summed E-state index contributed by atoms with van der Waals surface area (Å²) in [5.74, 6) is -2.36. The van der Waals surface area contributed by atoms with E-state index in [4.69, 9.17) is 37.0 Å². The molecule has 5 unspecified atom stereocenters. The molecule has 0 amide bonds. The molecular formula is C89H142O17P2. The Balaban J connectivity index is 5.52. The molecule has 19 heteroatoms. The minimum absolute atomic E-state index is 0.00380. The molecule has 108 heavy (non-hydrogen) atoms. The first-order valence-corrected chi connectivity index (χ1v) is 43.7. The minimum Gasteiger partial charge on any atom is -0.462 e. The number of phosphoric acid groups is 2. The Morgan fingerprint density at radius 3 is 0.787 bits per heavy atom. The number of aliphatic hydroxyl groups excluding tert-OH is 1. The summed E-state index contributed by atoms with van der Waals surface area (Å²) in [7, 11) is -10.0. The number of aliphatic hydroxyl groups is 1. The van der Waals surface area contributed by atoms with Gasteiger partial charge in [0.15, 0.2) is 12.2 Å². The van der Waals surface area contributed by atoms with E-state index in [2.05, 4.69) is 198 Å². The second kappa shape index (κ2) is 79.0. The maximum absolute atomic E-state index is 13.1. The Bertz CT molecular complexity index is 2810. The number of unbranched alkanes of at least 4 members (excludes halogenated alkanes) is 16. The second-order valence-corrected chi connectivity index (χ2v) is 29.1. The molecule has 0 radical (unpaired) electrons. The molecule has 0 aromatic heterocycles. The lowest BCUT2D eigenvalue weighted by Crippen LogP contribution is -2.30. The highest BCUT2D eigenvalue weighted by atomic mass is 31.2. The highest BCUT2D eigenvalue weighted by molar-refractivity contribution is 7.47. The van der Waals surface area contributed by atoms with Crippen LogP contribution in [0.3, 0.4) is 0 Å². The standard InChI is InChI=1S/C89H142O17P2/c1-5-9-13-17-21-25-29-33-37-40-41-44-47-50-54-58-62-66-70-74-87(92)100-80-85(106-89(94)76-72-68-64-60-56-52-48-43-39-35-31-27-23-19-15-11-7-3)82-104-108(97,98)102-78-83(90)77-101-107(95,96)103-81-84(105-88(93)75-71-67-63-59-55-51-45-36-32-28-24-20-16-12-8-4)79-99-86(91)73-69-65-61-57-53-49-46-42-38-34-30-26-22-18-14-10-6-2/h9-11,13-15,21-28,33-39,41,44-46,48-49,52,57,60-61,64,83-85,90H,5-8,12,16-20,29-32,40,42-43,47,50-51,53-56,58-59,62-63,65-82H2,1-4H3,(H,95,96)(H,97,98)/b13-9-,14-10-,15-11-,25-21-,26-22-,27-23-,28-24-,37-33-,38-34-,39-35-,44-41-,45-36-,49-46-,52-48-,61-57-,64-60-. The molecule has 0 saturated heterocycles. The van der Waals surface area contributed by atoms with Crippen LogP contribution in [-0.2, 0) is 65.4 Å². The molecule has 0 aliphatic rings. The van der Waals surface area contributed by atoms with Crippen molar-refractivity contribution >= 4 is 39.5 Å². The summed E-state index contributed by atoms with van der Waals surface area (Å²) in [6.45, 7) is 4.32. The van der Waals surface area contributed by atoms with Gasteiger partial charge in [-0.15, -0.1) is 0 Å². The summed E-state index contributed by atoms with van der Waals surface area (Å²) in [4.78, 5) is 73.1. The Kier molecular flexibility index (Phi) is 74.5. The quantitative estimate of drug-likeness (QED) is 0.0169. The first kappa shape index (κ1) is 102. The van der Waals surface area contributed by atoms with E-state index >= 15 is 0 Å². The Morgan fingerprint density at radius 2 is 0.491 bits per heavy atom. The molecular weight excluding hydrogens is 1400 g/mol. The number of ether oxygens (including phenoxy) is 4. The molecule has 0 saturated carbocycles. The molecule has 0 rings (SSSR count). The summed E-state index contributed by atoms with van der Waals surface area (Å²) in [6.07, 6.45) is 97.0. The summed E-state index contributed by atoms with van der Waals surface area (Å²) in [5, 5.41) is 10.7. The van der Waals surface area contributed by atoms with Gasteiger partial charge in [0.2, 0.25) is 0 Å². The average molecular weight is 1550 g/mol. The van der Waals surface area contributed by atoms with Gasteiger partial charge in [-0.05, 0) is 173 Å². The molecule has 0 aromatic carbocycles. The van der Waals surface area contributed by atoms with Gasteiger partial charge >= 0.3 is 39.5 Å². The zero-order valence-electron chi connectivity index (χ0n) is 66.7. The third-order valence-electron chi connectivity index (χ3n) is 16.0. The van der Waals surface area contributed by atoms with Gasteiger partial charge in [0.05, 0.1) is 26.4 Å². The van der Waals surface area contributed by atoms with Crippen LogP contribution in [0, 0.1) is 0 Å². The van der Waals surface area contributed by atoms with Gasteiger partial charge in [-0.25, -0.2) is 9.13 Å². The van der Waals surface area contributed by atoms with Crippen molar-refractivity contribution in [2.45, 2.75) is 303 Å². The summed E-state index contributed by atoms with van der Waals surface area (Å²) in [5.41, 5.74) is 0. The molecule has 3 N–H and O–H groups in total. The van der Waals surface area contributed by atoms with Crippen LogP contribution in [0.2, 0.25) is 0 Å². The van der Waals surface area contributed by atoms with E-state index < -0.39 is 97.5 Å². The molecule has 0 heterocycles. The number of carbonyl (C=O) groups is 4. The van der Waals surface area contributed by atoms with E-state index in [1.54, 1.807) is 0 Å². The normalized spacial score (nSPS) is 14.8. The van der Waals surface area contributed by atoms with Crippen LogP contribution in [0.25, 0.3) is 0 Å². The van der Waals surface area contributed by atoms with E-state index in [0.29, 0.717) is 38.5 Å². The van der Waals surface area contributed by atoms with E-state index in [1.165, 1.54) is 19.3 Å². The van der Waals surface area contributed by atoms with Crippen LogP contribution in [0.1, 0.15) is 285 Å². The molecule has 610 valence electrons. The van der Waals surface area contributed by atoms with Gasteiger partial charge < -0.3 is 33.8 Å². The SMILES string of the molecule is CC/C=C\C/C=C\C/C=C\C/C=C\C/C=C\CCCC(=O)OCC(COP(=O)(O)OCC(O)COP(=O)(O)OCC(COC(=O)CCCCCCCC/C=C\C/C=C\C/C=C\C/C=C\CC)OC(=O)CCC/C=C\C/C=C\C/C=C\C/C=C\C/C=C\CC)OC(=O)CCCCCCC/C=C\C/C=C\CCCCC. The van der Waals surface area contributed by atoms with Crippen molar-refractivity contribution in [2.75, 3.05) is 39.6 Å². The number of esters is 4. The first-order chi connectivity index (χ1) is 52.7. The number of allylic oxidation sites excluding steroid dienone is 32. The number of carbonyl (C=O) groups excluding carboxylic acids is 4. The predicted octanol–water partition coefficient (Wildman–Crippen LogP) is 24.1. The zero-order chi connectivity index (χ0) is 78.9. The van der Waals surface area contributed by atoms with Crippen LogP contribution >= 0.6 is 15.6 Å². The van der Waals surface area contributed by atoms with Crippen LogP contribution < -0.4 is 0 Å². The van der Waals surface area contributed by atoms with Gasteiger partial charge in [-0.2, -0.15) is 0 Å². The topological polar surface area (TPSA) is 237 Å². The van der Waals surface area contributed by atoms with Crippen molar-refractivity contribution in [2.24, 2.45) is 0 Å². The van der Waals surface area contributed by atoms with Crippen molar-refractivity contribution < 1.29 is 80.2 Å². The number of rotatable bonds is 74. The number of hydrogen-bond donors (Lipinski definition) is 3. The molecule has 0 aliphatic heterocycles. The van der Waals surface area contributed by atoms with Crippen molar-refractivity contribution in [1.29, 1.82) is 0 Å². The second-order valence-electron chi connectivity index (χ2n) is 26.2. The van der Waals surface area contributed by atoms with Crippen LogP contribution in [0.5, 0.6) is 0 Å². The largest absolute Gasteiger partial charge is 0.472 e. The predicted molar refractivity (Wildman–Crippen MR) is 445 cm³/mol. The highest BCUT2D eigenvalue weighted by Crippen LogP contribution is 2.45. The first-order valence-electron chi connectivity index (χ1n) is 40.7. The van der Waals surface area contributed by atoms with Gasteiger partial charge in [-0.1, -0.05) is 280 Å². The fourth-order valence-corrected chi connectivity index (χ4v) is 11.5. The zero-order valence-corrected chi connectivity index (χ0v) is 68.5. The van der Waals surface area contributed by atoms with E-state index in [-0.39, 0.29) is 25.7 Å². The van der Waals surface area contributed by atoms with Crippen molar-refractivity contribution in [3.05, 3.63) is 194 Å². The smallest absolute Gasteiger partial charge is 0.462 e. The Hall–Kier alpha value is -6.10. The molecule has 0 aromatic rings.